The number of rotatable bonds is 12. The minimum atomic E-state index is -0.329. The normalized spacial score (nSPS) is 11.0. The van der Waals surface area contributed by atoms with E-state index in [9.17, 15) is 9.59 Å². The second-order valence-electron chi connectivity index (χ2n) is 7.01. The predicted octanol–water partition coefficient (Wildman–Crippen LogP) is 4.55. The van der Waals surface area contributed by atoms with Crippen molar-refractivity contribution in [2.24, 2.45) is 5.10 Å². The molecule has 0 spiro atoms. The molecule has 0 bridgehead atoms. The largest absolute Gasteiger partial charge is 0.347 e. The zero-order chi connectivity index (χ0) is 20.0. The summed E-state index contributed by atoms with van der Waals surface area (Å²) >= 11 is 0. The summed E-state index contributed by atoms with van der Waals surface area (Å²) in [6.45, 7) is 2.15. The standard InChI is InChI=1S/C23H31N3O2/c1-2-3-4-5-6-7-8-16-22(27)24-18-23(28)26-25-17-20-14-11-13-19-12-9-10-15-21(19)20/h9-15,17H,2-8,16,18H2,1H3,(H,24,27)(H,26,28). The zero-order valence-corrected chi connectivity index (χ0v) is 16.7. The van der Waals surface area contributed by atoms with E-state index in [4.69, 9.17) is 0 Å². The molecule has 5 nitrogen and oxygen atoms in total. The molecular formula is C23H31N3O2. The van der Waals surface area contributed by atoms with Gasteiger partial charge in [-0.15, -0.1) is 0 Å². The predicted molar refractivity (Wildman–Crippen MR) is 115 cm³/mol. The number of nitrogens with zero attached hydrogens (tertiary/aromatic N) is 1. The van der Waals surface area contributed by atoms with Gasteiger partial charge in [0.1, 0.15) is 0 Å². The smallest absolute Gasteiger partial charge is 0.259 e. The lowest BCUT2D eigenvalue weighted by atomic mass is 10.1. The van der Waals surface area contributed by atoms with Crippen LogP contribution in [0.4, 0.5) is 0 Å². The van der Waals surface area contributed by atoms with Crippen molar-refractivity contribution >= 4 is 28.8 Å². The van der Waals surface area contributed by atoms with Gasteiger partial charge in [-0.05, 0) is 17.2 Å². The fourth-order valence-corrected chi connectivity index (χ4v) is 3.09. The van der Waals surface area contributed by atoms with E-state index in [1.165, 1.54) is 32.1 Å². The van der Waals surface area contributed by atoms with E-state index in [1.54, 1.807) is 6.21 Å². The van der Waals surface area contributed by atoms with Crippen LogP contribution < -0.4 is 10.7 Å². The summed E-state index contributed by atoms with van der Waals surface area (Å²) in [5.41, 5.74) is 3.39. The van der Waals surface area contributed by atoms with Crippen LogP contribution in [0.5, 0.6) is 0 Å². The van der Waals surface area contributed by atoms with E-state index in [0.29, 0.717) is 6.42 Å². The van der Waals surface area contributed by atoms with E-state index in [1.807, 2.05) is 42.5 Å². The van der Waals surface area contributed by atoms with Gasteiger partial charge in [0.2, 0.25) is 5.91 Å². The molecule has 0 unspecified atom stereocenters. The van der Waals surface area contributed by atoms with Crippen LogP contribution >= 0.6 is 0 Å². The highest BCUT2D eigenvalue weighted by atomic mass is 16.2. The maximum atomic E-state index is 11.8. The lowest BCUT2D eigenvalue weighted by Gasteiger charge is -2.05. The first kappa shape index (κ1) is 21.6. The minimum Gasteiger partial charge on any atom is -0.347 e. The maximum Gasteiger partial charge on any atom is 0.259 e. The number of carbonyl (C=O) groups excluding carboxylic acids is 2. The third-order valence-electron chi connectivity index (χ3n) is 4.67. The highest BCUT2D eigenvalue weighted by molar-refractivity contribution is 6.00. The molecule has 0 saturated heterocycles. The Balaban J connectivity index is 1.63. The van der Waals surface area contributed by atoms with Crippen molar-refractivity contribution in [3.63, 3.8) is 0 Å². The molecule has 0 aliphatic carbocycles. The fourth-order valence-electron chi connectivity index (χ4n) is 3.09. The summed E-state index contributed by atoms with van der Waals surface area (Å²) in [5, 5.41) is 8.85. The van der Waals surface area contributed by atoms with Gasteiger partial charge in [-0.1, -0.05) is 87.9 Å². The Morgan fingerprint density at radius 2 is 1.61 bits per heavy atom. The molecule has 2 rings (SSSR count). The molecule has 2 N–H and O–H groups in total. The number of hydrogen-bond acceptors (Lipinski definition) is 3. The van der Waals surface area contributed by atoms with E-state index in [0.717, 1.165) is 29.2 Å². The first-order chi connectivity index (χ1) is 13.7. The Labute approximate surface area is 167 Å². The molecule has 0 aromatic heterocycles. The Morgan fingerprint density at radius 3 is 2.43 bits per heavy atom. The van der Waals surface area contributed by atoms with Crippen LogP contribution in [0.1, 0.15) is 63.9 Å². The molecule has 0 aliphatic heterocycles. The molecule has 28 heavy (non-hydrogen) atoms. The molecule has 2 aromatic carbocycles. The number of hydrazone groups is 1. The first-order valence-electron chi connectivity index (χ1n) is 10.3. The number of unbranched alkanes of at least 4 members (excludes halogenated alkanes) is 6. The van der Waals surface area contributed by atoms with Crippen LogP contribution in [-0.4, -0.2) is 24.6 Å². The molecule has 5 heteroatoms. The van der Waals surface area contributed by atoms with Crippen LogP contribution in [0.3, 0.4) is 0 Å². The summed E-state index contributed by atoms with van der Waals surface area (Å²) in [4.78, 5) is 23.6. The lowest BCUT2D eigenvalue weighted by molar-refractivity contribution is -0.126. The molecule has 0 atom stereocenters. The van der Waals surface area contributed by atoms with E-state index < -0.39 is 0 Å². The molecule has 2 amide bonds. The van der Waals surface area contributed by atoms with Crippen LogP contribution in [-0.2, 0) is 9.59 Å². The number of carbonyl (C=O) groups is 2. The molecule has 0 heterocycles. The molecule has 0 aliphatic rings. The highest BCUT2D eigenvalue weighted by Crippen LogP contribution is 2.16. The third-order valence-corrected chi connectivity index (χ3v) is 4.67. The number of hydrogen-bond donors (Lipinski definition) is 2. The summed E-state index contributed by atoms with van der Waals surface area (Å²) < 4.78 is 0. The zero-order valence-electron chi connectivity index (χ0n) is 16.7. The van der Waals surface area contributed by atoms with E-state index in [2.05, 4.69) is 22.8 Å². The Morgan fingerprint density at radius 1 is 0.893 bits per heavy atom. The van der Waals surface area contributed by atoms with Gasteiger partial charge in [0.15, 0.2) is 0 Å². The highest BCUT2D eigenvalue weighted by Gasteiger charge is 2.05. The molecule has 2 aromatic rings. The molecule has 0 radical (unpaired) electrons. The first-order valence-corrected chi connectivity index (χ1v) is 10.3. The van der Waals surface area contributed by atoms with Crippen molar-refractivity contribution in [3.8, 4) is 0 Å². The van der Waals surface area contributed by atoms with Gasteiger partial charge in [-0.3, -0.25) is 9.59 Å². The second-order valence-corrected chi connectivity index (χ2v) is 7.01. The van der Waals surface area contributed by atoms with E-state index in [-0.39, 0.29) is 18.4 Å². The Hall–Kier alpha value is -2.69. The Kier molecular flexibility index (Phi) is 9.76. The fraction of sp³-hybridized carbons (Fsp3) is 0.435. The topological polar surface area (TPSA) is 70.6 Å². The quantitative estimate of drug-likeness (QED) is 0.322. The van der Waals surface area contributed by atoms with Gasteiger partial charge in [-0.2, -0.15) is 5.10 Å². The number of benzene rings is 2. The van der Waals surface area contributed by atoms with Gasteiger partial charge < -0.3 is 5.32 Å². The monoisotopic (exact) mass is 381 g/mol. The SMILES string of the molecule is CCCCCCCCCC(=O)NCC(=O)NN=Cc1cccc2ccccc12. The summed E-state index contributed by atoms with van der Waals surface area (Å²) in [6, 6.07) is 13.9. The van der Waals surface area contributed by atoms with Crippen molar-refractivity contribution in [1.82, 2.24) is 10.7 Å². The van der Waals surface area contributed by atoms with Crippen LogP contribution in [0.25, 0.3) is 10.8 Å². The second kappa shape index (κ2) is 12.7. The van der Waals surface area contributed by atoms with Crippen molar-refractivity contribution in [1.29, 1.82) is 0 Å². The van der Waals surface area contributed by atoms with Crippen molar-refractivity contribution < 1.29 is 9.59 Å². The van der Waals surface area contributed by atoms with Gasteiger partial charge in [0, 0.05) is 12.0 Å². The average molecular weight is 382 g/mol. The lowest BCUT2D eigenvalue weighted by Crippen LogP contribution is -2.34. The van der Waals surface area contributed by atoms with Gasteiger partial charge in [0.25, 0.3) is 5.91 Å². The maximum absolute atomic E-state index is 11.8. The summed E-state index contributed by atoms with van der Waals surface area (Å²) in [6.07, 6.45) is 10.3. The summed E-state index contributed by atoms with van der Waals surface area (Å²) in [7, 11) is 0. The third kappa shape index (κ3) is 7.91. The van der Waals surface area contributed by atoms with E-state index >= 15 is 0 Å². The average Bonchev–Trinajstić information content (AvgIpc) is 2.72. The molecular weight excluding hydrogens is 350 g/mol. The number of amides is 2. The van der Waals surface area contributed by atoms with Gasteiger partial charge in [-0.25, -0.2) is 5.43 Å². The summed E-state index contributed by atoms with van der Waals surface area (Å²) in [5.74, 6) is -0.411. The van der Waals surface area contributed by atoms with Crippen molar-refractivity contribution in [2.75, 3.05) is 6.54 Å². The van der Waals surface area contributed by atoms with Crippen molar-refractivity contribution in [2.45, 2.75) is 58.3 Å². The van der Waals surface area contributed by atoms with Crippen LogP contribution in [0, 0.1) is 0 Å². The minimum absolute atomic E-state index is 0.0534. The van der Waals surface area contributed by atoms with Crippen LogP contribution in [0.15, 0.2) is 47.6 Å². The molecule has 0 saturated carbocycles. The number of fused-ring (bicyclic) bond motifs is 1. The van der Waals surface area contributed by atoms with Crippen molar-refractivity contribution in [3.05, 3.63) is 48.0 Å². The van der Waals surface area contributed by atoms with Crippen LogP contribution in [0.2, 0.25) is 0 Å². The Bertz CT molecular complexity index is 781. The molecule has 150 valence electrons. The van der Waals surface area contributed by atoms with Gasteiger partial charge >= 0.3 is 0 Å². The van der Waals surface area contributed by atoms with Gasteiger partial charge in [0.05, 0.1) is 12.8 Å². The number of nitrogens with one attached hydrogen (secondary N) is 2. The molecule has 0 fully saturated rings.